The molecule has 0 bridgehead atoms. The van der Waals surface area contributed by atoms with Crippen molar-refractivity contribution < 1.29 is 14.9 Å². The number of ether oxygens (including phenoxy) is 1. The van der Waals surface area contributed by atoms with Crippen LogP contribution in [0.4, 0.5) is 0 Å². The number of hydrogen-bond donors (Lipinski definition) is 2. The van der Waals surface area contributed by atoms with Gasteiger partial charge in [-0.15, -0.1) is 0 Å². The predicted octanol–water partition coefficient (Wildman–Crippen LogP) is -0.276. The molecule has 0 amide bonds. The van der Waals surface area contributed by atoms with Crippen molar-refractivity contribution in [1.29, 1.82) is 0 Å². The summed E-state index contributed by atoms with van der Waals surface area (Å²) < 4.78 is 4.72. The summed E-state index contributed by atoms with van der Waals surface area (Å²) in [5, 5.41) is 17.7. The minimum Gasteiger partial charge on any atom is -0.396 e. The Morgan fingerprint density at radius 2 is 2.44 bits per heavy atom. The van der Waals surface area contributed by atoms with Gasteiger partial charge in [0.1, 0.15) is 0 Å². The third-order valence-electron chi connectivity index (χ3n) is 2.07. The molecule has 3 nitrogen and oxygen atoms in total. The van der Waals surface area contributed by atoms with Crippen molar-refractivity contribution in [3.05, 3.63) is 0 Å². The lowest BCUT2D eigenvalue weighted by molar-refractivity contribution is -0.299. The zero-order valence-electron chi connectivity index (χ0n) is 5.50. The second kappa shape index (κ2) is 2.25. The fourth-order valence-electron chi connectivity index (χ4n) is 0.906. The van der Waals surface area contributed by atoms with E-state index in [0.717, 1.165) is 6.42 Å². The Morgan fingerprint density at radius 1 is 1.78 bits per heavy atom. The first-order valence-electron chi connectivity index (χ1n) is 3.16. The van der Waals surface area contributed by atoms with Crippen LogP contribution in [0.3, 0.4) is 0 Å². The minimum atomic E-state index is -0.743. The molecule has 9 heavy (non-hydrogen) atoms. The van der Waals surface area contributed by atoms with Gasteiger partial charge < -0.3 is 14.9 Å². The standard InChI is InChI=1S/C6H12O3/c1-2-6(3-7)4-9-5(6)8/h5,7-8H,2-4H2,1H3. The van der Waals surface area contributed by atoms with Crippen LogP contribution in [0.25, 0.3) is 0 Å². The van der Waals surface area contributed by atoms with Crippen molar-refractivity contribution in [3.8, 4) is 0 Å². The van der Waals surface area contributed by atoms with E-state index in [0.29, 0.717) is 6.61 Å². The van der Waals surface area contributed by atoms with E-state index in [1.165, 1.54) is 0 Å². The van der Waals surface area contributed by atoms with Crippen LogP contribution in [0, 0.1) is 5.41 Å². The van der Waals surface area contributed by atoms with Gasteiger partial charge in [-0.1, -0.05) is 6.92 Å². The van der Waals surface area contributed by atoms with Crippen LogP contribution >= 0.6 is 0 Å². The molecule has 0 aromatic carbocycles. The molecule has 54 valence electrons. The fraction of sp³-hybridized carbons (Fsp3) is 1.00. The van der Waals surface area contributed by atoms with Gasteiger partial charge in [-0.25, -0.2) is 0 Å². The fourth-order valence-corrected chi connectivity index (χ4v) is 0.906. The first kappa shape index (κ1) is 6.99. The highest BCUT2D eigenvalue weighted by Crippen LogP contribution is 2.35. The summed E-state index contributed by atoms with van der Waals surface area (Å²) in [6.45, 7) is 2.44. The van der Waals surface area contributed by atoms with Crippen LogP contribution in [-0.2, 0) is 4.74 Å². The number of aliphatic hydroxyl groups excluding tert-OH is 2. The Bertz CT molecular complexity index is 93.0. The second-order valence-corrected chi connectivity index (χ2v) is 2.54. The molecule has 0 aromatic heterocycles. The molecule has 0 saturated carbocycles. The van der Waals surface area contributed by atoms with E-state index in [1.807, 2.05) is 6.92 Å². The van der Waals surface area contributed by atoms with E-state index < -0.39 is 6.29 Å². The van der Waals surface area contributed by atoms with Crippen LogP contribution in [0.1, 0.15) is 13.3 Å². The Balaban J connectivity index is 2.48. The third-order valence-corrected chi connectivity index (χ3v) is 2.07. The Labute approximate surface area is 54.3 Å². The van der Waals surface area contributed by atoms with Crippen LogP contribution in [0.15, 0.2) is 0 Å². The molecule has 1 rings (SSSR count). The molecule has 0 aromatic rings. The topological polar surface area (TPSA) is 49.7 Å². The molecule has 1 fully saturated rings. The maximum Gasteiger partial charge on any atom is 0.164 e. The molecule has 1 aliphatic rings. The second-order valence-electron chi connectivity index (χ2n) is 2.54. The smallest absolute Gasteiger partial charge is 0.164 e. The van der Waals surface area contributed by atoms with Crippen LogP contribution in [0.2, 0.25) is 0 Å². The summed E-state index contributed by atoms with van der Waals surface area (Å²) in [4.78, 5) is 0. The zero-order chi connectivity index (χ0) is 6.91. The van der Waals surface area contributed by atoms with Crippen molar-refractivity contribution >= 4 is 0 Å². The average molecular weight is 132 g/mol. The Kier molecular flexibility index (Phi) is 1.75. The summed E-state index contributed by atoms with van der Waals surface area (Å²) in [7, 11) is 0. The molecule has 1 saturated heterocycles. The number of aliphatic hydroxyl groups is 2. The van der Waals surface area contributed by atoms with E-state index in [2.05, 4.69) is 0 Å². The van der Waals surface area contributed by atoms with Gasteiger partial charge >= 0.3 is 0 Å². The first-order chi connectivity index (χ1) is 4.25. The molecule has 2 N–H and O–H groups in total. The highest BCUT2D eigenvalue weighted by Gasteiger charge is 2.45. The van der Waals surface area contributed by atoms with Crippen molar-refractivity contribution in [2.45, 2.75) is 19.6 Å². The van der Waals surface area contributed by atoms with Crippen molar-refractivity contribution in [3.63, 3.8) is 0 Å². The number of hydrogen-bond acceptors (Lipinski definition) is 3. The number of rotatable bonds is 2. The molecule has 0 aliphatic carbocycles. The van der Waals surface area contributed by atoms with E-state index in [1.54, 1.807) is 0 Å². The maximum absolute atomic E-state index is 8.98. The van der Waals surface area contributed by atoms with E-state index in [4.69, 9.17) is 14.9 Å². The summed E-state index contributed by atoms with van der Waals surface area (Å²) in [6, 6.07) is 0. The molecule has 0 radical (unpaired) electrons. The van der Waals surface area contributed by atoms with Crippen molar-refractivity contribution in [2.75, 3.05) is 13.2 Å². The van der Waals surface area contributed by atoms with Gasteiger partial charge in [-0.05, 0) is 6.42 Å². The predicted molar refractivity (Wildman–Crippen MR) is 31.8 cm³/mol. The summed E-state index contributed by atoms with van der Waals surface area (Å²) >= 11 is 0. The normalized spacial score (nSPS) is 42.3. The summed E-state index contributed by atoms with van der Waals surface area (Å²) in [5.41, 5.74) is -0.347. The van der Waals surface area contributed by atoms with Gasteiger partial charge in [-0.2, -0.15) is 0 Å². The molecular formula is C6H12O3. The molecule has 0 spiro atoms. The van der Waals surface area contributed by atoms with Gasteiger partial charge in [0.05, 0.1) is 18.6 Å². The lowest BCUT2D eigenvalue weighted by atomic mass is 9.82. The molecule has 2 atom stereocenters. The Hall–Kier alpha value is -0.120. The molecular weight excluding hydrogens is 120 g/mol. The Morgan fingerprint density at radius 3 is 2.44 bits per heavy atom. The van der Waals surface area contributed by atoms with E-state index in [9.17, 15) is 0 Å². The van der Waals surface area contributed by atoms with Crippen LogP contribution < -0.4 is 0 Å². The molecule has 2 unspecified atom stereocenters. The van der Waals surface area contributed by atoms with Crippen molar-refractivity contribution in [2.24, 2.45) is 5.41 Å². The zero-order valence-corrected chi connectivity index (χ0v) is 5.50. The molecule has 1 heterocycles. The first-order valence-corrected chi connectivity index (χ1v) is 3.16. The summed E-state index contributed by atoms with van der Waals surface area (Å²) in [6.07, 6.45) is 0.0255. The van der Waals surface area contributed by atoms with Gasteiger partial charge in [-0.3, -0.25) is 0 Å². The van der Waals surface area contributed by atoms with E-state index >= 15 is 0 Å². The highest BCUT2D eigenvalue weighted by molar-refractivity contribution is 4.86. The largest absolute Gasteiger partial charge is 0.396 e. The highest BCUT2D eigenvalue weighted by atomic mass is 16.6. The van der Waals surface area contributed by atoms with Gasteiger partial charge in [0.15, 0.2) is 6.29 Å². The molecule has 3 heteroatoms. The monoisotopic (exact) mass is 132 g/mol. The van der Waals surface area contributed by atoms with Crippen LogP contribution in [-0.4, -0.2) is 29.7 Å². The average Bonchev–Trinajstić information content (AvgIpc) is 1.89. The third kappa shape index (κ3) is 0.852. The maximum atomic E-state index is 8.98. The lowest BCUT2D eigenvalue weighted by Crippen LogP contribution is -2.53. The lowest BCUT2D eigenvalue weighted by Gasteiger charge is -2.44. The van der Waals surface area contributed by atoms with E-state index in [-0.39, 0.29) is 12.0 Å². The van der Waals surface area contributed by atoms with Gasteiger partial charge in [0.25, 0.3) is 0 Å². The molecule has 1 aliphatic heterocycles. The summed E-state index contributed by atoms with van der Waals surface area (Å²) in [5.74, 6) is 0. The van der Waals surface area contributed by atoms with Crippen molar-refractivity contribution in [1.82, 2.24) is 0 Å². The SMILES string of the molecule is CCC1(CO)COC1O. The van der Waals surface area contributed by atoms with Crippen LogP contribution in [0.5, 0.6) is 0 Å². The minimum absolute atomic E-state index is 0.0185. The quantitative estimate of drug-likeness (QED) is 0.543. The van der Waals surface area contributed by atoms with Gasteiger partial charge in [0.2, 0.25) is 0 Å². The van der Waals surface area contributed by atoms with Gasteiger partial charge in [0, 0.05) is 0 Å².